The van der Waals surface area contributed by atoms with Crippen molar-refractivity contribution < 1.29 is 9.90 Å². The molecule has 0 bridgehead atoms. The maximum Gasteiger partial charge on any atom is 0.339 e. The molecule has 2 aromatic rings. The number of aromatic nitrogens is 2. The summed E-state index contributed by atoms with van der Waals surface area (Å²) in [5.41, 5.74) is 1.57. The van der Waals surface area contributed by atoms with E-state index in [1.165, 1.54) is 0 Å². The number of aromatic carboxylic acids is 1. The molecule has 0 aliphatic heterocycles. The fraction of sp³-hybridized carbons (Fsp3) is 0.333. The predicted molar refractivity (Wildman–Crippen MR) is 78.4 cm³/mol. The van der Waals surface area contributed by atoms with Gasteiger partial charge in [-0.1, -0.05) is 44.5 Å². The summed E-state index contributed by atoms with van der Waals surface area (Å²) in [5, 5.41) is 14.4. The highest BCUT2D eigenvalue weighted by Crippen LogP contribution is 2.24. The molecule has 0 spiro atoms. The fourth-order valence-electron chi connectivity index (χ4n) is 1.99. The molecular weight excluding hydrogens is 276 g/mol. The van der Waals surface area contributed by atoms with Gasteiger partial charge in [-0.15, -0.1) is 0 Å². The van der Waals surface area contributed by atoms with Crippen LogP contribution in [0, 0.1) is 0 Å². The first-order chi connectivity index (χ1) is 9.27. The Balaban J connectivity index is 2.34. The Hall–Kier alpha value is -1.81. The van der Waals surface area contributed by atoms with Gasteiger partial charge in [0.2, 0.25) is 0 Å². The topological polar surface area (TPSA) is 55.1 Å². The van der Waals surface area contributed by atoms with E-state index in [1.54, 1.807) is 10.9 Å². The summed E-state index contributed by atoms with van der Waals surface area (Å²) >= 11 is 5.85. The Morgan fingerprint density at radius 2 is 1.90 bits per heavy atom. The van der Waals surface area contributed by atoms with Crippen LogP contribution >= 0.6 is 11.6 Å². The maximum absolute atomic E-state index is 11.3. The van der Waals surface area contributed by atoms with Gasteiger partial charge in [0.15, 0.2) is 0 Å². The van der Waals surface area contributed by atoms with Gasteiger partial charge < -0.3 is 5.11 Å². The van der Waals surface area contributed by atoms with Crippen LogP contribution < -0.4 is 0 Å². The highest BCUT2D eigenvalue weighted by atomic mass is 35.5. The number of halogens is 1. The monoisotopic (exact) mass is 292 g/mol. The lowest BCUT2D eigenvalue weighted by atomic mass is 9.90. The van der Waals surface area contributed by atoms with Crippen LogP contribution in [0.1, 0.15) is 42.4 Å². The first kappa shape index (κ1) is 14.6. The zero-order valence-electron chi connectivity index (χ0n) is 11.7. The number of rotatable bonds is 3. The number of benzene rings is 1. The molecule has 106 valence electrons. The number of hydrogen-bond acceptors (Lipinski definition) is 2. The second-order valence-electron chi connectivity index (χ2n) is 5.77. The maximum atomic E-state index is 11.3. The molecule has 0 amide bonds. The zero-order chi connectivity index (χ0) is 14.9. The predicted octanol–water partition coefficient (Wildman–Crippen LogP) is 3.58. The Morgan fingerprint density at radius 3 is 2.35 bits per heavy atom. The second kappa shape index (κ2) is 5.29. The van der Waals surface area contributed by atoms with Crippen molar-refractivity contribution in [3.05, 3.63) is 52.3 Å². The van der Waals surface area contributed by atoms with Gasteiger partial charge in [0, 0.05) is 16.6 Å². The van der Waals surface area contributed by atoms with Gasteiger partial charge in [-0.25, -0.2) is 4.79 Å². The van der Waals surface area contributed by atoms with Crippen LogP contribution in [0.3, 0.4) is 0 Å². The van der Waals surface area contributed by atoms with Gasteiger partial charge in [-0.3, -0.25) is 4.68 Å². The van der Waals surface area contributed by atoms with Crippen molar-refractivity contribution in [2.45, 2.75) is 32.7 Å². The van der Waals surface area contributed by atoms with E-state index in [4.69, 9.17) is 11.6 Å². The molecule has 5 heteroatoms. The third-order valence-corrected chi connectivity index (χ3v) is 3.21. The SMILES string of the molecule is CC(C)(C)c1nn(Cc2ccc(Cl)cc2)cc1C(=O)O. The Kier molecular flexibility index (Phi) is 3.86. The molecule has 0 saturated carbocycles. The molecule has 1 aromatic carbocycles. The summed E-state index contributed by atoms with van der Waals surface area (Å²) in [6.07, 6.45) is 1.58. The second-order valence-corrected chi connectivity index (χ2v) is 6.21. The third-order valence-electron chi connectivity index (χ3n) is 2.96. The summed E-state index contributed by atoms with van der Waals surface area (Å²) < 4.78 is 1.66. The summed E-state index contributed by atoms with van der Waals surface area (Å²) in [6.45, 7) is 6.38. The van der Waals surface area contributed by atoms with E-state index in [1.807, 2.05) is 45.0 Å². The van der Waals surface area contributed by atoms with Crippen LogP contribution in [0.25, 0.3) is 0 Å². The summed E-state index contributed by atoms with van der Waals surface area (Å²) in [7, 11) is 0. The van der Waals surface area contributed by atoms with E-state index in [9.17, 15) is 9.90 Å². The summed E-state index contributed by atoms with van der Waals surface area (Å²) in [5.74, 6) is -0.947. The number of carbonyl (C=O) groups is 1. The van der Waals surface area contributed by atoms with Crippen LogP contribution in [0.15, 0.2) is 30.5 Å². The summed E-state index contributed by atoms with van der Waals surface area (Å²) in [6, 6.07) is 7.43. The van der Waals surface area contributed by atoms with E-state index < -0.39 is 5.97 Å². The van der Waals surface area contributed by atoms with E-state index >= 15 is 0 Å². The van der Waals surface area contributed by atoms with E-state index in [-0.39, 0.29) is 11.0 Å². The number of hydrogen-bond donors (Lipinski definition) is 1. The Morgan fingerprint density at radius 1 is 1.30 bits per heavy atom. The molecule has 20 heavy (non-hydrogen) atoms. The van der Waals surface area contributed by atoms with Crippen molar-refractivity contribution in [2.75, 3.05) is 0 Å². The lowest BCUT2D eigenvalue weighted by Crippen LogP contribution is -2.16. The highest BCUT2D eigenvalue weighted by Gasteiger charge is 2.25. The fourth-order valence-corrected chi connectivity index (χ4v) is 2.12. The van der Waals surface area contributed by atoms with Crippen LogP contribution in [0.4, 0.5) is 0 Å². The van der Waals surface area contributed by atoms with Crippen LogP contribution in [0.2, 0.25) is 5.02 Å². The number of nitrogens with zero attached hydrogens (tertiary/aromatic N) is 2. The molecule has 4 nitrogen and oxygen atoms in total. The van der Waals surface area contributed by atoms with Gasteiger partial charge in [0.25, 0.3) is 0 Å². The first-order valence-electron chi connectivity index (χ1n) is 6.33. The molecule has 0 saturated heterocycles. The molecule has 0 unspecified atom stereocenters. The van der Waals surface area contributed by atoms with E-state index in [2.05, 4.69) is 5.10 Å². The molecule has 1 heterocycles. The van der Waals surface area contributed by atoms with Crippen molar-refractivity contribution >= 4 is 17.6 Å². The van der Waals surface area contributed by atoms with E-state index in [0.29, 0.717) is 17.3 Å². The zero-order valence-corrected chi connectivity index (χ0v) is 12.5. The number of carboxylic acids is 1. The first-order valence-corrected chi connectivity index (χ1v) is 6.71. The molecule has 0 aliphatic rings. The van der Waals surface area contributed by atoms with Crippen LogP contribution in [-0.2, 0) is 12.0 Å². The molecule has 0 atom stereocenters. The lowest BCUT2D eigenvalue weighted by molar-refractivity contribution is 0.0694. The van der Waals surface area contributed by atoms with Crippen molar-refractivity contribution in [3.8, 4) is 0 Å². The van der Waals surface area contributed by atoms with Crippen molar-refractivity contribution in [3.63, 3.8) is 0 Å². The Labute approximate surface area is 123 Å². The Bertz CT molecular complexity index is 624. The third kappa shape index (κ3) is 3.20. The van der Waals surface area contributed by atoms with E-state index in [0.717, 1.165) is 5.56 Å². The molecule has 2 rings (SSSR count). The minimum Gasteiger partial charge on any atom is -0.478 e. The summed E-state index contributed by atoms with van der Waals surface area (Å²) in [4.78, 5) is 11.3. The molecule has 0 fully saturated rings. The van der Waals surface area contributed by atoms with Gasteiger partial charge >= 0.3 is 5.97 Å². The van der Waals surface area contributed by atoms with Gasteiger partial charge in [-0.2, -0.15) is 5.10 Å². The van der Waals surface area contributed by atoms with Crippen molar-refractivity contribution in [2.24, 2.45) is 0 Å². The smallest absolute Gasteiger partial charge is 0.339 e. The average molecular weight is 293 g/mol. The van der Waals surface area contributed by atoms with Crippen LogP contribution in [-0.4, -0.2) is 20.9 Å². The van der Waals surface area contributed by atoms with Gasteiger partial charge in [-0.05, 0) is 17.7 Å². The number of carboxylic acid groups (broad SMARTS) is 1. The molecule has 1 N–H and O–H groups in total. The molecule has 1 aromatic heterocycles. The normalized spacial score (nSPS) is 11.6. The molecule has 0 aliphatic carbocycles. The largest absolute Gasteiger partial charge is 0.478 e. The highest BCUT2D eigenvalue weighted by molar-refractivity contribution is 6.30. The molecular formula is C15H17ClN2O2. The van der Waals surface area contributed by atoms with Crippen molar-refractivity contribution in [1.82, 2.24) is 9.78 Å². The quantitative estimate of drug-likeness (QED) is 0.941. The minimum absolute atomic E-state index is 0.256. The minimum atomic E-state index is -0.947. The lowest BCUT2D eigenvalue weighted by Gasteiger charge is -2.16. The van der Waals surface area contributed by atoms with Crippen molar-refractivity contribution in [1.29, 1.82) is 0 Å². The molecule has 0 radical (unpaired) electrons. The van der Waals surface area contributed by atoms with Crippen LogP contribution in [0.5, 0.6) is 0 Å². The average Bonchev–Trinajstić information content (AvgIpc) is 2.76. The van der Waals surface area contributed by atoms with Gasteiger partial charge in [0.1, 0.15) is 5.56 Å². The van der Waals surface area contributed by atoms with Gasteiger partial charge in [0.05, 0.1) is 12.2 Å². The standard InChI is InChI=1S/C15H17ClN2O2/c1-15(2,3)13-12(14(19)20)9-18(17-13)8-10-4-6-11(16)7-5-10/h4-7,9H,8H2,1-3H3,(H,19,20).